The molecule has 0 aliphatic heterocycles. The Bertz CT molecular complexity index is 755. The van der Waals surface area contributed by atoms with E-state index in [2.05, 4.69) is 32.1 Å². The van der Waals surface area contributed by atoms with Crippen molar-refractivity contribution in [1.82, 2.24) is 0 Å². The summed E-state index contributed by atoms with van der Waals surface area (Å²) in [6.07, 6.45) is 11.0. The van der Waals surface area contributed by atoms with Gasteiger partial charge in [-0.3, -0.25) is 0 Å². The summed E-state index contributed by atoms with van der Waals surface area (Å²) < 4.78 is 0. The maximum atomic E-state index is 11.4. The van der Waals surface area contributed by atoms with Gasteiger partial charge in [-0.25, -0.2) is 0 Å². The van der Waals surface area contributed by atoms with Crippen molar-refractivity contribution >= 4 is 0 Å². The molecule has 4 aliphatic carbocycles. The van der Waals surface area contributed by atoms with Crippen molar-refractivity contribution in [2.24, 2.45) is 28.6 Å². The maximum Gasteiger partial charge on any atom is 0.108 e. The third-order valence-electron chi connectivity index (χ3n) is 9.40. The van der Waals surface area contributed by atoms with Crippen LogP contribution in [-0.2, 0) is 5.60 Å². The molecule has 1 aromatic rings. The second-order valence-corrected chi connectivity index (χ2v) is 10.4. The van der Waals surface area contributed by atoms with Gasteiger partial charge < -0.3 is 10.2 Å². The van der Waals surface area contributed by atoms with E-state index in [1.165, 1.54) is 31.3 Å². The summed E-state index contributed by atoms with van der Waals surface area (Å²) >= 11 is 0. The molecule has 0 spiro atoms. The van der Waals surface area contributed by atoms with E-state index in [1.807, 2.05) is 18.2 Å². The van der Waals surface area contributed by atoms with Gasteiger partial charge in [-0.1, -0.05) is 49.8 Å². The minimum absolute atomic E-state index is 0.0947. The van der Waals surface area contributed by atoms with E-state index in [1.54, 1.807) is 0 Å². The summed E-state index contributed by atoms with van der Waals surface area (Å²) in [4.78, 5) is 0. The van der Waals surface area contributed by atoms with Crippen molar-refractivity contribution < 1.29 is 10.2 Å². The summed E-state index contributed by atoms with van der Waals surface area (Å²) in [5.74, 6) is 2.17. The number of fused-ring (bicyclic) bond motifs is 5. The molecule has 4 aliphatic rings. The summed E-state index contributed by atoms with van der Waals surface area (Å²) in [6.45, 7) is 4.84. The first-order chi connectivity index (χ1) is 12.9. The van der Waals surface area contributed by atoms with Crippen LogP contribution in [0.4, 0.5) is 0 Å². The SMILES string of the molecule is C[C@]12CCC(O)(c3ccccc3)C=C1CC[C@@H]1[C@@H]2CC[C@]2(C)C(O)CC[C@@H]12. The van der Waals surface area contributed by atoms with Crippen molar-refractivity contribution in [3.8, 4) is 0 Å². The zero-order valence-corrected chi connectivity index (χ0v) is 16.8. The van der Waals surface area contributed by atoms with Crippen LogP contribution in [0.5, 0.6) is 0 Å². The number of hydrogen-bond donors (Lipinski definition) is 2. The molecule has 27 heavy (non-hydrogen) atoms. The van der Waals surface area contributed by atoms with Gasteiger partial charge in [0.05, 0.1) is 6.10 Å². The van der Waals surface area contributed by atoms with Crippen molar-refractivity contribution in [3.63, 3.8) is 0 Å². The van der Waals surface area contributed by atoms with Gasteiger partial charge in [-0.05, 0) is 91.6 Å². The third kappa shape index (κ3) is 2.45. The molecule has 3 fully saturated rings. The lowest BCUT2D eigenvalue weighted by Gasteiger charge is -2.59. The fourth-order valence-corrected chi connectivity index (χ4v) is 7.65. The molecule has 2 nitrogen and oxygen atoms in total. The molecule has 7 atom stereocenters. The van der Waals surface area contributed by atoms with Gasteiger partial charge >= 0.3 is 0 Å². The van der Waals surface area contributed by atoms with E-state index in [0.29, 0.717) is 5.92 Å². The number of benzene rings is 1. The highest BCUT2D eigenvalue weighted by atomic mass is 16.3. The molecule has 0 heterocycles. The van der Waals surface area contributed by atoms with Gasteiger partial charge in [0.15, 0.2) is 0 Å². The second kappa shape index (κ2) is 5.94. The number of aliphatic hydroxyl groups is 2. The first kappa shape index (κ1) is 17.9. The minimum atomic E-state index is -0.796. The molecule has 0 amide bonds. The topological polar surface area (TPSA) is 40.5 Å². The molecule has 0 saturated heterocycles. The molecule has 0 radical (unpaired) electrons. The van der Waals surface area contributed by atoms with Crippen molar-refractivity contribution in [2.45, 2.75) is 76.9 Å². The Morgan fingerprint density at radius 1 is 0.889 bits per heavy atom. The smallest absolute Gasteiger partial charge is 0.108 e. The van der Waals surface area contributed by atoms with Gasteiger partial charge in [-0.2, -0.15) is 0 Å². The molecular formula is C25H34O2. The molecule has 2 N–H and O–H groups in total. The summed E-state index contributed by atoms with van der Waals surface area (Å²) in [5, 5.41) is 22.0. The van der Waals surface area contributed by atoms with Gasteiger partial charge in [0, 0.05) is 0 Å². The summed E-state index contributed by atoms with van der Waals surface area (Å²) in [7, 11) is 0. The van der Waals surface area contributed by atoms with Crippen LogP contribution in [0, 0.1) is 28.6 Å². The third-order valence-corrected chi connectivity index (χ3v) is 9.40. The Kier molecular flexibility index (Phi) is 3.95. The van der Waals surface area contributed by atoms with Crippen LogP contribution in [0.1, 0.15) is 70.8 Å². The molecule has 0 bridgehead atoms. The monoisotopic (exact) mass is 366 g/mol. The molecule has 2 unspecified atom stereocenters. The largest absolute Gasteiger partial charge is 0.393 e. The molecule has 5 rings (SSSR count). The normalized spacial score (nSPS) is 49.0. The highest BCUT2D eigenvalue weighted by Crippen LogP contribution is 2.66. The molecule has 1 aromatic carbocycles. The van der Waals surface area contributed by atoms with Gasteiger partial charge in [-0.15, -0.1) is 0 Å². The Morgan fingerprint density at radius 3 is 2.44 bits per heavy atom. The molecule has 146 valence electrons. The maximum absolute atomic E-state index is 11.4. The highest BCUT2D eigenvalue weighted by Gasteiger charge is 2.59. The predicted octanol–water partition coefficient (Wildman–Crippen LogP) is 5.20. The van der Waals surface area contributed by atoms with Gasteiger partial charge in [0.1, 0.15) is 5.60 Å². The lowest BCUT2D eigenvalue weighted by Crippen LogP contribution is -2.52. The zero-order chi connectivity index (χ0) is 18.9. The van der Waals surface area contributed by atoms with Crippen LogP contribution in [0.25, 0.3) is 0 Å². The zero-order valence-electron chi connectivity index (χ0n) is 16.8. The first-order valence-electron chi connectivity index (χ1n) is 11.0. The van der Waals surface area contributed by atoms with Crippen LogP contribution >= 0.6 is 0 Å². The Labute approximate surface area is 163 Å². The number of hydrogen-bond acceptors (Lipinski definition) is 2. The molecule has 2 heteroatoms. The fraction of sp³-hybridized carbons (Fsp3) is 0.680. The minimum Gasteiger partial charge on any atom is -0.393 e. The summed E-state index contributed by atoms with van der Waals surface area (Å²) in [5.41, 5.74) is 2.13. The van der Waals surface area contributed by atoms with E-state index >= 15 is 0 Å². The number of allylic oxidation sites excluding steroid dienone is 1. The Hall–Kier alpha value is -1.12. The lowest BCUT2D eigenvalue weighted by molar-refractivity contribution is -0.0814. The van der Waals surface area contributed by atoms with Gasteiger partial charge in [0.2, 0.25) is 0 Å². The van der Waals surface area contributed by atoms with E-state index in [4.69, 9.17) is 0 Å². The first-order valence-corrected chi connectivity index (χ1v) is 11.0. The van der Waals surface area contributed by atoms with E-state index in [0.717, 1.165) is 43.1 Å². The Morgan fingerprint density at radius 2 is 1.67 bits per heavy atom. The highest BCUT2D eigenvalue weighted by molar-refractivity contribution is 5.35. The average molecular weight is 367 g/mol. The fourth-order valence-electron chi connectivity index (χ4n) is 7.65. The Balaban J connectivity index is 1.48. The van der Waals surface area contributed by atoms with Crippen LogP contribution < -0.4 is 0 Å². The van der Waals surface area contributed by atoms with E-state index in [9.17, 15) is 10.2 Å². The molecule has 0 aromatic heterocycles. The van der Waals surface area contributed by atoms with Crippen LogP contribution in [0.2, 0.25) is 0 Å². The molecular weight excluding hydrogens is 332 g/mol. The predicted molar refractivity (Wildman–Crippen MR) is 108 cm³/mol. The van der Waals surface area contributed by atoms with E-state index < -0.39 is 5.60 Å². The van der Waals surface area contributed by atoms with Crippen molar-refractivity contribution in [2.75, 3.05) is 0 Å². The lowest BCUT2D eigenvalue weighted by atomic mass is 9.46. The van der Waals surface area contributed by atoms with Gasteiger partial charge in [0.25, 0.3) is 0 Å². The second-order valence-electron chi connectivity index (χ2n) is 10.4. The summed E-state index contributed by atoms with van der Waals surface area (Å²) in [6, 6.07) is 10.2. The average Bonchev–Trinajstić information content (AvgIpc) is 2.98. The van der Waals surface area contributed by atoms with Crippen LogP contribution in [0.3, 0.4) is 0 Å². The quantitative estimate of drug-likeness (QED) is 0.671. The molecule has 3 saturated carbocycles. The van der Waals surface area contributed by atoms with Crippen molar-refractivity contribution in [3.05, 3.63) is 47.5 Å². The van der Waals surface area contributed by atoms with Crippen molar-refractivity contribution in [1.29, 1.82) is 0 Å². The standard InChI is InChI=1S/C25H34O2/c1-23-14-15-25(27,17-6-4-3-5-7-17)16-18(23)8-9-19-20-10-11-22(26)24(20,2)13-12-21(19)23/h3-7,16,19-22,26-27H,8-15H2,1-2H3/t19-,20-,21-,22?,23-,24-,25?/m0/s1. The number of rotatable bonds is 1. The van der Waals surface area contributed by atoms with Crippen LogP contribution in [-0.4, -0.2) is 16.3 Å². The van der Waals surface area contributed by atoms with E-state index in [-0.39, 0.29) is 16.9 Å². The van der Waals surface area contributed by atoms with Crippen LogP contribution in [0.15, 0.2) is 42.0 Å². The number of aliphatic hydroxyl groups excluding tert-OH is 1.